The van der Waals surface area contributed by atoms with E-state index in [0.717, 1.165) is 18.9 Å². The number of benzene rings is 2. The summed E-state index contributed by atoms with van der Waals surface area (Å²) >= 11 is 0. The van der Waals surface area contributed by atoms with Gasteiger partial charge in [-0.05, 0) is 30.2 Å². The number of aromatic nitrogens is 2. The summed E-state index contributed by atoms with van der Waals surface area (Å²) in [5.74, 6) is -4.00. The van der Waals surface area contributed by atoms with E-state index >= 15 is 0 Å². The zero-order valence-electron chi connectivity index (χ0n) is 16.0. The summed E-state index contributed by atoms with van der Waals surface area (Å²) < 4.78 is 39.9. The van der Waals surface area contributed by atoms with Crippen molar-refractivity contribution < 1.29 is 27.8 Å². The molecule has 0 aliphatic rings. The predicted molar refractivity (Wildman–Crippen MR) is 101 cm³/mol. The third-order valence-corrected chi connectivity index (χ3v) is 4.45. The summed E-state index contributed by atoms with van der Waals surface area (Å²) in [6, 6.07) is 11.2. The number of carbonyl (C=O) groups excluding carboxylic acids is 2. The molecule has 3 aromatic rings. The van der Waals surface area contributed by atoms with Crippen LogP contribution >= 0.6 is 0 Å². The number of halogens is 2. The molecule has 3 rings (SSSR count). The van der Waals surface area contributed by atoms with E-state index in [1.54, 1.807) is 37.3 Å². The Balaban J connectivity index is 2.39. The first-order valence-electron chi connectivity index (χ1n) is 8.76. The first kappa shape index (κ1) is 20.2. The van der Waals surface area contributed by atoms with Crippen LogP contribution in [0, 0.1) is 11.6 Å². The monoisotopic (exact) mass is 400 g/mol. The van der Waals surface area contributed by atoms with E-state index in [4.69, 9.17) is 9.47 Å². The van der Waals surface area contributed by atoms with Crippen molar-refractivity contribution >= 4 is 11.9 Å². The number of carbonyl (C=O) groups is 2. The molecule has 0 spiro atoms. The van der Waals surface area contributed by atoms with Crippen LogP contribution in [0.4, 0.5) is 8.78 Å². The number of methoxy groups -OCH3 is 2. The molecule has 0 aliphatic heterocycles. The van der Waals surface area contributed by atoms with Gasteiger partial charge >= 0.3 is 11.9 Å². The van der Waals surface area contributed by atoms with Crippen LogP contribution in [0.5, 0.6) is 0 Å². The highest BCUT2D eigenvalue weighted by Gasteiger charge is 2.33. The fourth-order valence-corrected chi connectivity index (χ4v) is 2.99. The van der Waals surface area contributed by atoms with Crippen LogP contribution in [-0.2, 0) is 15.9 Å². The topological polar surface area (TPSA) is 70.4 Å². The van der Waals surface area contributed by atoms with E-state index in [9.17, 15) is 18.4 Å². The molecule has 0 atom stereocenters. The molecule has 1 aromatic heterocycles. The molecule has 0 unspecified atom stereocenters. The van der Waals surface area contributed by atoms with Crippen molar-refractivity contribution in [3.63, 3.8) is 0 Å². The minimum Gasteiger partial charge on any atom is -0.465 e. The molecule has 29 heavy (non-hydrogen) atoms. The highest BCUT2D eigenvalue weighted by Crippen LogP contribution is 2.32. The zero-order chi connectivity index (χ0) is 21.1. The molecule has 1 heterocycles. The van der Waals surface area contributed by atoms with Gasteiger partial charge in [-0.25, -0.2) is 23.1 Å². The minimum absolute atomic E-state index is 0.182. The van der Waals surface area contributed by atoms with E-state index in [1.807, 2.05) is 0 Å². The SMILES string of the molecule is CCc1ccc(-c2nn(-c3ccccc3)c(C(=O)OC)c2C(=O)OC)c(F)c1F. The number of esters is 2. The number of hydrogen-bond donors (Lipinski definition) is 0. The molecule has 8 heteroatoms. The van der Waals surface area contributed by atoms with Crippen molar-refractivity contribution in [1.82, 2.24) is 9.78 Å². The predicted octanol–water partition coefficient (Wildman–Crippen LogP) is 3.95. The molecular weight excluding hydrogens is 382 g/mol. The van der Waals surface area contributed by atoms with Gasteiger partial charge < -0.3 is 9.47 Å². The van der Waals surface area contributed by atoms with Gasteiger partial charge in [-0.2, -0.15) is 5.10 Å². The number of para-hydroxylation sites is 1. The normalized spacial score (nSPS) is 10.7. The Morgan fingerprint density at radius 3 is 2.21 bits per heavy atom. The van der Waals surface area contributed by atoms with E-state index in [-0.39, 0.29) is 28.1 Å². The van der Waals surface area contributed by atoms with Crippen LogP contribution in [0.1, 0.15) is 33.3 Å². The van der Waals surface area contributed by atoms with E-state index in [1.165, 1.54) is 12.1 Å². The van der Waals surface area contributed by atoms with Gasteiger partial charge in [0.25, 0.3) is 0 Å². The first-order chi connectivity index (χ1) is 13.9. The van der Waals surface area contributed by atoms with Crippen molar-refractivity contribution in [2.24, 2.45) is 0 Å². The standard InChI is InChI=1S/C21H18F2N2O4/c1-4-12-10-11-14(17(23)16(12)22)18-15(20(26)28-2)19(21(27)29-3)25(24-18)13-8-6-5-7-9-13/h5-11H,4H2,1-3H3. The van der Waals surface area contributed by atoms with Gasteiger partial charge in [0, 0.05) is 5.56 Å². The second-order valence-corrected chi connectivity index (χ2v) is 6.06. The number of nitrogens with zero attached hydrogens (tertiary/aromatic N) is 2. The molecular formula is C21H18F2N2O4. The maximum absolute atomic E-state index is 14.8. The summed E-state index contributed by atoms with van der Waals surface area (Å²) in [6.07, 6.45) is 0.290. The van der Waals surface area contributed by atoms with Crippen molar-refractivity contribution in [3.8, 4) is 16.9 Å². The van der Waals surface area contributed by atoms with Gasteiger partial charge in [-0.1, -0.05) is 31.2 Å². The molecule has 0 N–H and O–H groups in total. The summed E-state index contributed by atoms with van der Waals surface area (Å²) in [7, 11) is 2.26. The van der Waals surface area contributed by atoms with Gasteiger partial charge in [0.2, 0.25) is 0 Å². The second kappa shape index (κ2) is 8.22. The summed E-state index contributed by atoms with van der Waals surface area (Å²) in [6.45, 7) is 1.69. The van der Waals surface area contributed by atoms with Crippen LogP contribution in [0.25, 0.3) is 16.9 Å². The van der Waals surface area contributed by atoms with Crippen molar-refractivity contribution in [3.05, 3.63) is 70.9 Å². The zero-order valence-corrected chi connectivity index (χ0v) is 16.0. The summed E-state index contributed by atoms with van der Waals surface area (Å²) in [5.41, 5.74) is -0.442. The lowest BCUT2D eigenvalue weighted by atomic mass is 10.0. The molecule has 2 aromatic carbocycles. The van der Waals surface area contributed by atoms with Crippen LogP contribution in [0.2, 0.25) is 0 Å². The third kappa shape index (κ3) is 3.49. The van der Waals surface area contributed by atoms with Crippen molar-refractivity contribution in [2.45, 2.75) is 13.3 Å². The van der Waals surface area contributed by atoms with Crippen molar-refractivity contribution in [2.75, 3.05) is 14.2 Å². The van der Waals surface area contributed by atoms with E-state index in [0.29, 0.717) is 12.1 Å². The largest absolute Gasteiger partial charge is 0.465 e. The molecule has 0 fully saturated rings. The Bertz CT molecular complexity index is 1080. The van der Waals surface area contributed by atoms with E-state index < -0.39 is 23.6 Å². The Morgan fingerprint density at radius 1 is 0.966 bits per heavy atom. The highest BCUT2D eigenvalue weighted by molar-refractivity contribution is 6.06. The molecule has 0 aliphatic carbocycles. The lowest BCUT2D eigenvalue weighted by Crippen LogP contribution is -2.15. The number of hydrogen-bond acceptors (Lipinski definition) is 5. The number of aryl methyl sites for hydroxylation is 1. The summed E-state index contributed by atoms with van der Waals surface area (Å²) in [4.78, 5) is 25.0. The van der Waals surface area contributed by atoms with Gasteiger partial charge in [0.15, 0.2) is 17.3 Å². The molecule has 0 saturated heterocycles. The Morgan fingerprint density at radius 2 is 1.62 bits per heavy atom. The molecule has 6 nitrogen and oxygen atoms in total. The smallest absolute Gasteiger partial charge is 0.357 e. The Labute approximate surface area is 165 Å². The fraction of sp³-hybridized carbons (Fsp3) is 0.190. The Hall–Kier alpha value is -3.55. The molecule has 0 radical (unpaired) electrons. The number of ether oxygens (including phenoxy) is 2. The lowest BCUT2D eigenvalue weighted by molar-refractivity contribution is 0.0549. The van der Waals surface area contributed by atoms with Crippen molar-refractivity contribution in [1.29, 1.82) is 0 Å². The van der Waals surface area contributed by atoms with Gasteiger partial charge in [0.1, 0.15) is 11.3 Å². The second-order valence-electron chi connectivity index (χ2n) is 6.06. The molecule has 150 valence electrons. The quantitative estimate of drug-likeness (QED) is 0.607. The average molecular weight is 400 g/mol. The highest BCUT2D eigenvalue weighted by atomic mass is 19.2. The van der Waals surface area contributed by atoms with Gasteiger partial charge in [-0.3, -0.25) is 0 Å². The van der Waals surface area contributed by atoms with Crippen LogP contribution in [-0.4, -0.2) is 35.9 Å². The molecule has 0 amide bonds. The van der Waals surface area contributed by atoms with E-state index in [2.05, 4.69) is 5.10 Å². The molecule has 0 saturated carbocycles. The average Bonchev–Trinajstić information content (AvgIpc) is 3.15. The third-order valence-electron chi connectivity index (χ3n) is 4.45. The maximum atomic E-state index is 14.8. The van der Waals surface area contributed by atoms with Crippen LogP contribution in [0.3, 0.4) is 0 Å². The molecule has 0 bridgehead atoms. The van der Waals surface area contributed by atoms with Gasteiger partial charge in [0.05, 0.1) is 19.9 Å². The fourth-order valence-electron chi connectivity index (χ4n) is 2.99. The number of rotatable bonds is 5. The lowest BCUT2D eigenvalue weighted by Gasteiger charge is -2.07. The van der Waals surface area contributed by atoms with Crippen LogP contribution < -0.4 is 0 Å². The van der Waals surface area contributed by atoms with Gasteiger partial charge in [-0.15, -0.1) is 0 Å². The maximum Gasteiger partial charge on any atom is 0.357 e. The summed E-state index contributed by atoms with van der Waals surface area (Å²) in [5, 5.41) is 4.25. The Kier molecular flexibility index (Phi) is 5.72. The van der Waals surface area contributed by atoms with Crippen LogP contribution in [0.15, 0.2) is 42.5 Å². The minimum atomic E-state index is -1.16. The first-order valence-corrected chi connectivity index (χ1v) is 8.76.